The van der Waals surface area contributed by atoms with E-state index in [1.807, 2.05) is 0 Å². The summed E-state index contributed by atoms with van der Waals surface area (Å²) in [6, 6.07) is 0. The molecular formula is C65H110O6. The van der Waals surface area contributed by atoms with Crippen molar-refractivity contribution in [1.82, 2.24) is 0 Å². The summed E-state index contributed by atoms with van der Waals surface area (Å²) in [4.78, 5) is 38.1. The largest absolute Gasteiger partial charge is 0.462 e. The van der Waals surface area contributed by atoms with Gasteiger partial charge in [0.05, 0.1) is 0 Å². The number of esters is 3. The predicted octanol–water partition coefficient (Wildman–Crippen LogP) is 20.1. The van der Waals surface area contributed by atoms with Gasteiger partial charge in [-0.1, -0.05) is 240 Å². The first kappa shape index (κ1) is 67.3. The quantitative estimate of drug-likeness (QED) is 0.0261. The van der Waals surface area contributed by atoms with Crippen LogP contribution >= 0.6 is 0 Å². The third-order valence-corrected chi connectivity index (χ3v) is 12.5. The molecular weight excluding hydrogens is 877 g/mol. The number of unbranched alkanes of at least 4 members (excludes halogenated alkanes) is 26. The Labute approximate surface area is 438 Å². The molecule has 6 nitrogen and oxygen atoms in total. The first-order chi connectivity index (χ1) is 35.0. The van der Waals surface area contributed by atoms with Crippen molar-refractivity contribution < 1.29 is 28.6 Å². The van der Waals surface area contributed by atoms with E-state index in [2.05, 4.69) is 118 Å². The van der Waals surface area contributed by atoms with Gasteiger partial charge in [-0.25, -0.2) is 0 Å². The van der Waals surface area contributed by atoms with E-state index in [0.717, 1.165) is 116 Å². The highest BCUT2D eigenvalue weighted by Crippen LogP contribution is 2.15. The van der Waals surface area contributed by atoms with Gasteiger partial charge in [-0.05, 0) is 116 Å². The van der Waals surface area contributed by atoms with Crippen LogP contribution in [-0.2, 0) is 28.6 Å². The van der Waals surface area contributed by atoms with Gasteiger partial charge in [0, 0.05) is 19.3 Å². The minimum Gasteiger partial charge on any atom is -0.462 e. The molecule has 0 saturated heterocycles. The van der Waals surface area contributed by atoms with E-state index in [9.17, 15) is 14.4 Å². The number of ether oxygens (including phenoxy) is 3. The van der Waals surface area contributed by atoms with Crippen LogP contribution < -0.4 is 0 Å². The smallest absolute Gasteiger partial charge is 0.306 e. The fourth-order valence-corrected chi connectivity index (χ4v) is 8.09. The molecule has 0 heterocycles. The van der Waals surface area contributed by atoms with Gasteiger partial charge in [0.25, 0.3) is 0 Å². The summed E-state index contributed by atoms with van der Waals surface area (Å²) in [5, 5.41) is 0. The van der Waals surface area contributed by atoms with Gasteiger partial charge in [0.1, 0.15) is 13.2 Å². The molecule has 406 valence electrons. The second-order valence-corrected chi connectivity index (χ2v) is 19.5. The van der Waals surface area contributed by atoms with E-state index in [1.165, 1.54) is 116 Å². The fraction of sp³-hybridized carbons (Fsp3) is 0.708. The monoisotopic (exact) mass is 987 g/mol. The molecule has 0 aliphatic carbocycles. The molecule has 6 heteroatoms. The van der Waals surface area contributed by atoms with Crippen molar-refractivity contribution in [2.75, 3.05) is 13.2 Å². The summed E-state index contributed by atoms with van der Waals surface area (Å²) in [6.45, 7) is 6.41. The average Bonchev–Trinajstić information content (AvgIpc) is 3.37. The van der Waals surface area contributed by atoms with Crippen molar-refractivity contribution in [2.45, 2.75) is 284 Å². The van der Waals surface area contributed by atoms with Crippen LogP contribution in [0.25, 0.3) is 0 Å². The molecule has 0 saturated carbocycles. The lowest BCUT2D eigenvalue weighted by molar-refractivity contribution is -0.167. The van der Waals surface area contributed by atoms with Crippen molar-refractivity contribution in [1.29, 1.82) is 0 Å². The summed E-state index contributed by atoms with van der Waals surface area (Å²) < 4.78 is 16.8. The van der Waals surface area contributed by atoms with Crippen LogP contribution in [0.2, 0.25) is 0 Å². The Morgan fingerprint density at radius 3 is 0.944 bits per heavy atom. The fourth-order valence-electron chi connectivity index (χ4n) is 8.09. The molecule has 0 N–H and O–H groups in total. The first-order valence-corrected chi connectivity index (χ1v) is 29.7. The maximum atomic E-state index is 12.8. The van der Waals surface area contributed by atoms with Gasteiger partial charge in [0.2, 0.25) is 0 Å². The standard InChI is InChI=1S/C65H110O6/c1-4-7-10-13-16-19-22-25-27-28-29-30-31-32-33-34-35-36-38-40-43-46-49-52-55-58-64(67)70-61-62(60-69-63(66)57-54-51-48-45-42-39-24-21-18-15-12-9-6-3)71-65(68)59-56-53-50-47-44-41-37-26-23-20-17-14-11-8-5-2/h8,11-12,15,17,20-22,24-26,28-29,37,44,47,62H,4-7,9-10,13-14,16,18-19,23,27,30-36,38-43,45-46,48-61H2,1-3H3/b11-8-,15-12-,20-17-,24-21-,25-22-,29-28-,37-26-,47-44-. The van der Waals surface area contributed by atoms with E-state index in [-0.39, 0.29) is 37.5 Å². The van der Waals surface area contributed by atoms with Crippen LogP contribution in [0.5, 0.6) is 0 Å². The molecule has 1 unspecified atom stereocenters. The lowest BCUT2D eigenvalue weighted by Gasteiger charge is -2.18. The minimum atomic E-state index is -0.806. The van der Waals surface area contributed by atoms with E-state index >= 15 is 0 Å². The molecule has 0 amide bonds. The Bertz CT molecular complexity index is 1410. The van der Waals surface area contributed by atoms with Crippen LogP contribution in [0.4, 0.5) is 0 Å². The van der Waals surface area contributed by atoms with Crippen molar-refractivity contribution in [3.63, 3.8) is 0 Å². The van der Waals surface area contributed by atoms with Crippen LogP contribution in [0.3, 0.4) is 0 Å². The first-order valence-electron chi connectivity index (χ1n) is 29.7. The van der Waals surface area contributed by atoms with Crippen LogP contribution in [0.15, 0.2) is 97.2 Å². The van der Waals surface area contributed by atoms with E-state index in [0.29, 0.717) is 19.3 Å². The number of rotatable bonds is 53. The normalized spacial score (nSPS) is 12.8. The molecule has 71 heavy (non-hydrogen) atoms. The summed E-state index contributed by atoms with van der Waals surface area (Å²) in [5.74, 6) is -0.953. The second-order valence-electron chi connectivity index (χ2n) is 19.5. The van der Waals surface area contributed by atoms with E-state index < -0.39 is 6.10 Å². The Balaban J connectivity index is 4.33. The van der Waals surface area contributed by atoms with Crippen molar-refractivity contribution in [3.05, 3.63) is 97.2 Å². The predicted molar refractivity (Wildman–Crippen MR) is 307 cm³/mol. The highest BCUT2D eigenvalue weighted by molar-refractivity contribution is 5.71. The van der Waals surface area contributed by atoms with Crippen molar-refractivity contribution >= 4 is 17.9 Å². The van der Waals surface area contributed by atoms with Gasteiger partial charge < -0.3 is 14.2 Å². The van der Waals surface area contributed by atoms with E-state index in [1.54, 1.807) is 0 Å². The summed E-state index contributed by atoms with van der Waals surface area (Å²) in [6.07, 6.45) is 78.4. The maximum absolute atomic E-state index is 12.8. The van der Waals surface area contributed by atoms with Crippen molar-refractivity contribution in [3.8, 4) is 0 Å². The second kappa shape index (κ2) is 58.9. The van der Waals surface area contributed by atoms with E-state index in [4.69, 9.17) is 14.2 Å². The number of allylic oxidation sites excluding steroid dienone is 16. The molecule has 0 bridgehead atoms. The Hall–Kier alpha value is -3.67. The topological polar surface area (TPSA) is 78.9 Å². The zero-order valence-corrected chi connectivity index (χ0v) is 46.5. The molecule has 0 spiro atoms. The SMILES string of the molecule is CC/C=C\C/C=C\C/C=C\C/C=C\CCCCC(=O)OC(COC(=O)CCCCCCC/C=C\C/C=C\CCC)COC(=O)CCCCCCCCCCCCCCC/C=C\C/C=C\CCCCCCC. The van der Waals surface area contributed by atoms with Gasteiger partial charge in [-0.15, -0.1) is 0 Å². The highest BCUT2D eigenvalue weighted by Gasteiger charge is 2.19. The number of carbonyl (C=O) groups excluding carboxylic acids is 3. The van der Waals surface area contributed by atoms with Gasteiger partial charge >= 0.3 is 17.9 Å². The molecule has 0 aliphatic rings. The zero-order valence-electron chi connectivity index (χ0n) is 46.5. The Morgan fingerprint density at radius 2 is 0.577 bits per heavy atom. The van der Waals surface area contributed by atoms with Gasteiger partial charge in [-0.2, -0.15) is 0 Å². The Morgan fingerprint density at radius 1 is 0.296 bits per heavy atom. The van der Waals surface area contributed by atoms with Gasteiger partial charge in [0.15, 0.2) is 6.10 Å². The molecule has 0 rings (SSSR count). The lowest BCUT2D eigenvalue weighted by Crippen LogP contribution is -2.30. The third kappa shape index (κ3) is 57.1. The zero-order chi connectivity index (χ0) is 51.4. The highest BCUT2D eigenvalue weighted by atomic mass is 16.6. The number of carbonyl (C=O) groups is 3. The van der Waals surface area contributed by atoms with Crippen LogP contribution in [0, 0.1) is 0 Å². The third-order valence-electron chi connectivity index (χ3n) is 12.5. The molecule has 0 radical (unpaired) electrons. The van der Waals surface area contributed by atoms with Crippen LogP contribution in [0.1, 0.15) is 278 Å². The molecule has 0 aliphatic heterocycles. The van der Waals surface area contributed by atoms with Crippen LogP contribution in [-0.4, -0.2) is 37.2 Å². The van der Waals surface area contributed by atoms with Gasteiger partial charge in [-0.3, -0.25) is 14.4 Å². The lowest BCUT2D eigenvalue weighted by atomic mass is 10.0. The number of hydrogen-bond acceptors (Lipinski definition) is 6. The molecule has 0 aromatic rings. The number of hydrogen-bond donors (Lipinski definition) is 0. The summed E-state index contributed by atoms with van der Waals surface area (Å²) in [7, 11) is 0. The molecule has 0 fully saturated rings. The molecule has 0 aromatic carbocycles. The minimum absolute atomic E-state index is 0.0991. The average molecular weight is 988 g/mol. The maximum Gasteiger partial charge on any atom is 0.306 e. The summed E-state index contributed by atoms with van der Waals surface area (Å²) in [5.41, 5.74) is 0. The van der Waals surface area contributed by atoms with Crippen molar-refractivity contribution in [2.24, 2.45) is 0 Å². The molecule has 1 atom stereocenters. The summed E-state index contributed by atoms with van der Waals surface area (Å²) >= 11 is 0. The molecule has 0 aromatic heterocycles. The Kier molecular flexibility index (Phi) is 55.9.